The van der Waals surface area contributed by atoms with Crippen LogP contribution in [0.5, 0.6) is 0 Å². The average Bonchev–Trinajstić information content (AvgIpc) is 3.28. The molecular formula is C21H29N3O4S2. The van der Waals surface area contributed by atoms with E-state index in [2.05, 4.69) is 36.2 Å². The Kier molecular flexibility index (Phi) is 8.01. The molecule has 1 aromatic heterocycles. The average molecular weight is 452 g/mol. The fourth-order valence-electron chi connectivity index (χ4n) is 3.32. The van der Waals surface area contributed by atoms with E-state index in [4.69, 9.17) is 4.74 Å². The Labute approximate surface area is 182 Å². The Morgan fingerprint density at radius 2 is 1.73 bits per heavy atom. The van der Waals surface area contributed by atoms with Crippen molar-refractivity contribution >= 4 is 27.3 Å². The molecule has 2 heterocycles. The van der Waals surface area contributed by atoms with E-state index in [0.29, 0.717) is 32.8 Å². The van der Waals surface area contributed by atoms with Crippen molar-refractivity contribution in [3.63, 3.8) is 0 Å². The lowest BCUT2D eigenvalue weighted by molar-refractivity contribution is 0.0730. The van der Waals surface area contributed by atoms with Crippen LogP contribution in [0.1, 0.15) is 34.6 Å². The molecule has 1 N–H and O–H groups in total. The zero-order valence-corrected chi connectivity index (χ0v) is 19.1. The van der Waals surface area contributed by atoms with Crippen molar-refractivity contribution in [2.24, 2.45) is 0 Å². The number of benzene rings is 1. The molecule has 3 rings (SSSR count). The maximum absolute atomic E-state index is 12.9. The molecule has 1 fully saturated rings. The van der Waals surface area contributed by atoms with Crippen molar-refractivity contribution in [2.45, 2.75) is 31.8 Å². The smallest absolute Gasteiger partial charge is 0.263 e. The number of amides is 1. The second-order valence-corrected chi connectivity index (χ2v) is 9.91. The first-order valence-electron chi connectivity index (χ1n) is 10.2. The number of sulfonamides is 1. The molecule has 0 spiro atoms. The molecule has 0 unspecified atom stereocenters. The van der Waals surface area contributed by atoms with Gasteiger partial charge in [-0.25, -0.2) is 8.42 Å². The summed E-state index contributed by atoms with van der Waals surface area (Å²) in [5.74, 6) is -0.371. The molecule has 0 aliphatic carbocycles. The third-order valence-corrected chi connectivity index (χ3v) is 8.18. The zero-order chi connectivity index (χ0) is 21.6. The first-order chi connectivity index (χ1) is 14.5. The van der Waals surface area contributed by atoms with Gasteiger partial charge in [0.1, 0.15) is 9.77 Å². The van der Waals surface area contributed by atoms with Crippen LogP contribution in [-0.2, 0) is 27.8 Å². The highest BCUT2D eigenvalue weighted by Crippen LogP contribution is 2.26. The van der Waals surface area contributed by atoms with Gasteiger partial charge < -0.3 is 10.1 Å². The summed E-state index contributed by atoms with van der Waals surface area (Å²) >= 11 is 1.14. The van der Waals surface area contributed by atoms with E-state index < -0.39 is 10.0 Å². The van der Waals surface area contributed by atoms with Crippen molar-refractivity contribution in [2.75, 3.05) is 39.4 Å². The molecule has 2 aromatic rings. The zero-order valence-electron chi connectivity index (χ0n) is 17.5. The molecule has 0 saturated carbocycles. The highest BCUT2D eigenvalue weighted by molar-refractivity contribution is 7.89. The fourth-order valence-corrected chi connectivity index (χ4v) is 6.05. The summed E-state index contributed by atoms with van der Waals surface area (Å²) in [6.07, 6.45) is 0. The van der Waals surface area contributed by atoms with Crippen LogP contribution in [0.15, 0.2) is 40.6 Å². The lowest BCUT2D eigenvalue weighted by Gasteiger charge is -2.26. The Morgan fingerprint density at radius 1 is 1.10 bits per heavy atom. The Balaban J connectivity index is 1.63. The van der Waals surface area contributed by atoms with E-state index in [0.717, 1.165) is 36.5 Å². The molecule has 0 bridgehead atoms. The number of nitrogens with one attached hydrogen (secondary N) is 1. The van der Waals surface area contributed by atoms with Crippen LogP contribution in [0, 0.1) is 0 Å². The molecule has 1 aromatic carbocycles. The van der Waals surface area contributed by atoms with Crippen LogP contribution in [-0.4, -0.2) is 62.9 Å². The normalized spacial score (nSPS) is 15.4. The van der Waals surface area contributed by atoms with E-state index in [1.54, 1.807) is 5.38 Å². The maximum atomic E-state index is 12.9. The van der Waals surface area contributed by atoms with Gasteiger partial charge in [-0.1, -0.05) is 38.1 Å². The number of hydrogen-bond donors (Lipinski definition) is 1. The highest BCUT2D eigenvalue weighted by Gasteiger charge is 2.31. The lowest BCUT2D eigenvalue weighted by atomic mass is 10.1. The number of hydrogen-bond acceptors (Lipinski definition) is 6. The fraction of sp³-hybridized carbons (Fsp3) is 0.476. The van der Waals surface area contributed by atoms with Crippen LogP contribution in [0.2, 0.25) is 0 Å². The van der Waals surface area contributed by atoms with Crippen LogP contribution in [0.4, 0.5) is 0 Å². The van der Waals surface area contributed by atoms with Crippen molar-refractivity contribution in [1.82, 2.24) is 14.5 Å². The largest absolute Gasteiger partial charge is 0.379 e. The van der Waals surface area contributed by atoms with E-state index in [-0.39, 0.29) is 15.7 Å². The highest BCUT2D eigenvalue weighted by atomic mass is 32.2. The topological polar surface area (TPSA) is 79.0 Å². The first-order valence-corrected chi connectivity index (χ1v) is 12.5. The van der Waals surface area contributed by atoms with Gasteiger partial charge >= 0.3 is 0 Å². The summed E-state index contributed by atoms with van der Waals surface area (Å²) in [4.78, 5) is 15.3. The standard InChI is InChI=1S/C21H29N3O4S2/c1-3-23(4-2)16-18-7-5-17(6-8-18)15-22-21(25)20-19(9-14-29-20)30(26,27)24-10-12-28-13-11-24/h5-9,14H,3-4,10-13,15-16H2,1-2H3,(H,22,25). The van der Waals surface area contributed by atoms with Gasteiger partial charge in [-0.05, 0) is 35.7 Å². The number of nitrogens with zero attached hydrogens (tertiary/aromatic N) is 2. The van der Waals surface area contributed by atoms with Gasteiger partial charge in [0, 0.05) is 26.2 Å². The van der Waals surface area contributed by atoms with Gasteiger partial charge in [-0.3, -0.25) is 9.69 Å². The van der Waals surface area contributed by atoms with E-state index in [1.807, 2.05) is 12.1 Å². The van der Waals surface area contributed by atoms with Gasteiger partial charge in [0.25, 0.3) is 5.91 Å². The van der Waals surface area contributed by atoms with Gasteiger partial charge in [0.05, 0.1) is 13.2 Å². The summed E-state index contributed by atoms with van der Waals surface area (Å²) < 4.78 is 32.4. The molecule has 1 aliphatic rings. The molecular weight excluding hydrogens is 422 g/mol. The Hall–Kier alpha value is -1.78. The predicted octanol–water partition coefficient (Wildman–Crippen LogP) is 2.54. The van der Waals surface area contributed by atoms with Crippen molar-refractivity contribution in [3.05, 3.63) is 51.7 Å². The summed E-state index contributed by atoms with van der Waals surface area (Å²) in [6.45, 7) is 8.89. The maximum Gasteiger partial charge on any atom is 0.263 e. The van der Waals surface area contributed by atoms with Gasteiger partial charge in [0.15, 0.2) is 0 Å². The van der Waals surface area contributed by atoms with Crippen LogP contribution < -0.4 is 5.32 Å². The van der Waals surface area contributed by atoms with E-state index in [1.165, 1.54) is 15.9 Å². The van der Waals surface area contributed by atoms with Crippen molar-refractivity contribution in [3.8, 4) is 0 Å². The summed E-state index contributed by atoms with van der Waals surface area (Å²) in [6, 6.07) is 9.64. The third-order valence-electron chi connectivity index (χ3n) is 5.20. The number of ether oxygens (including phenoxy) is 1. The summed E-state index contributed by atoms with van der Waals surface area (Å²) in [7, 11) is -3.70. The number of morpholine rings is 1. The van der Waals surface area contributed by atoms with Gasteiger partial charge in [0.2, 0.25) is 10.0 Å². The Morgan fingerprint density at radius 3 is 2.37 bits per heavy atom. The lowest BCUT2D eigenvalue weighted by Crippen LogP contribution is -2.41. The van der Waals surface area contributed by atoms with E-state index in [9.17, 15) is 13.2 Å². The molecule has 1 saturated heterocycles. The molecule has 0 atom stereocenters. The SMILES string of the molecule is CCN(CC)Cc1ccc(CNC(=O)c2sccc2S(=O)(=O)N2CCOCC2)cc1. The molecule has 1 aliphatic heterocycles. The van der Waals surface area contributed by atoms with Crippen LogP contribution >= 0.6 is 11.3 Å². The second-order valence-electron chi connectivity index (χ2n) is 7.09. The minimum absolute atomic E-state index is 0.0708. The number of carbonyl (C=O) groups is 1. The van der Waals surface area contributed by atoms with Gasteiger partial charge in [-0.2, -0.15) is 4.31 Å². The number of rotatable bonds is 9. The molecule has 1 amide bonds. The molecule has 30 heavy (non-hydrogen) atoms. The molecule has 164 valence electrons. The molecule has 9 heteroatoms. The quantitative estimate of drug-likeness (QED) is 0.634. The number of thiophene rings is 1. The molecule has 7 nitrogen and oxygen atoms in total. The molecule has 0 radical (unpaired) electrons. The second kappa shape index (κ2) is 10.5. The van der Waals surface area contributed by atoms with Crippen LogP contribution in [0.3, 0.4) is 0 Å². The monoisotopic (exact) mass is 451 g/mol. The van der Waals surface area contributed by atoms with E-state index >= 15 is 0 Å². The van der Waals surface area contributed by atoms with Crippen molar-refractivity contribution in [1.29, 1.82) is 0 Å². The third kappa shape index (κ3) is 5.47. The van der Waals surface area contributed by atoms with Gasteiger partial charge in [-0.15, -0.1) is 11.3 Å². The summed E-state index contributed by atoms with van der Waals surface area (Å²) in [5, 5.41) is 4.50. The minimum Gasteiger partial charge on any atom is -0.379 e. The van der Waals surface area contributed by atoms with Crippen molar-refractivity contribution < 1.29 is 17.9 Å². The summed E-state index contributed by atoms with van der Waals surface area (Å²) in [5.41, 5.74) is 2.20. The first kappa shape index (κ1) is 22.9. The predicted molar refractivity (Wildman–Crippen MR) is 118 cm³/mol. The Bertz CT molecular complexity index is 931. The van der Waals surface area contributed by atoms with Crippen LogP contribution in [0.25, 0.3) is 0 Å². The minimum atomic E-state index is -3.70. The number of carbonyl (C=O) groups excluding carboxylic acids is 1.